The maximum atomic E-state index is 12.4. The summed E-state index contributed by atoms with van der Waals surface area (Å²) >= 11 is 0. The van der Waals surface area contributed by atoms with E-state index in [0.717, 1.165) is 6.08 Å². The van der Waals surface area contributed by atoms with Gasteiger partial charge in [-0.25, -0.2) is 14.4 Å². The third-order valence-corrected chi connectivity index (χ3v) is 4.86. The first kappa shape index (κ1) is 26.6. The number of ether oxygens (including phenoxy) is 4. The zero-order chi connectivity index (χ0) is 26.6. The van der Waals surface area contributed by atoms with E-state index in [2.05, 4.69) is 6.58 Å². The Morgan fingerprint density at radius 2 is 1.08 bits per heavy atom. The van der Waals surface area contributed by atoms with Crippen LogP contribution >= 0.6 is 0 Å². The van der Waals surface area contributed by atoms with Crippen molar-refractivity contribution in [1.29, 1.82) is 0 Å². The highest BCUT2D eigenvalue weighted by molar-refractivity contribution is 5.95. The molecule has 0 aliphatic carbocycles. The Kier molecular flexibility index (Phi) is 9.50. The molecule has 0 bridgehead atoms. The fourth-order valence-corrected chi connectivity index (χ4v) is 2.91. The summed E-state index contributed by atoms with van der Waals surface area (Å²) < 4.78 is 21.0. The summed E-state index contributed by atoms with van der Waals surface area (Å²) in [5.74, 6) is -0.628. The minimum absolute atomic E-state index is 0.0814. The van der Waals surface area contributed by atoms with Gasteiger partial charge in [-0.1, -0.05) is 6.58 Å². The number of hydrogen-bond acceptors (Lipinski definition) is 8. The third kappa shape index (κ3) is 8.32. The van der Waals surface area contributed by atoms with E-state index in [4.69, 9.17) is 18.9 Å². The molecule has 0 spiro atoms. The molecular weight excluding hydrogens is 476 g/mol. The smallest absolute Gasteiger partial charge is 0.343 e. The van der Waals surface area contributed by atoms with Crippen LogP contribution in [0.25, 0.3) is 0 Å². The molecule has 3 aromatic carbocycles. The highest BCUT2D eigenvalue weighted by Gasteiger charge is 2.12. The van der Waals surface area contributed by atoms with Crippen molar-refractivity contribution in [2.45, 2.75) is 6.92 Å². The molecule has 0 atom stereocenters. The van der Waals surface area contributed by atoms with Crippen LogP contribution in [0, 0.1) is 0 Å². The Morgan fingerprint density at radius 3 is 1.54 bits per heavy atom. The quantitative estimate of drug-likeness (QED) is 0.119. The zero-order valence-electron chi connectivity index (χ0n) is 20.0. The van der Waals surface area contributed by atoms with Crippen LogP contribution in [0.4, 0.5) is 0 Å². The normalized spacial score (nSPS) is 10.4. The van der Waals surface area contributed by atoms with Gasteiger partial charge in [-0.05, 0) is 91.9 Å². The topological polar surface area (TPSA) is 105 Å². The summed E-state index contributed by atoms with van der Waals surface area (Å²) in [7, 11) is 0. The van der Waals surface area contributed by atoms with Crippen LogP contribution in [0.3, 0.4) is 0 Å². The second-order valence-electron chi connectivity index (χ2n) is 7.52. The van der Waals surface area contributed by atoms with Gasteiger partial charge in [0.2, 0.25) is 0 Å². The van der Waals surface area contributed by atoms with Gasteiger partial charge >= 0.3 is 17.9 Å². The van der Waals surface area contributed by atoms with Crippen molar-refractivity contribution in [1.82, 2.24) is 0 Å². The lowest BCUT2D eigenvalue weighted by Crippen LogP contribution is -2.10. The van der Waals surface area contributed by atoms with Crippen molar-refractivity contribution in [3.05, 3.63) is 114 Å². The molecule has 0 aliphatic heterocycles. The van der Waals surface area contributed by atoms with E-state index in [1.165, 1.54) is 31.2 Å². The third-order valence-electron chi connectivity index (χ3n) is 4.86. The van der Waals surface area contributed by atoms with Crippen molar-refractivity contribution in [2.75, 3.05) is 13.2 Å². The van der Waals surface area contributed by atoms with Crippen LogP contribution in [-0.2, 0) is 9.53 Å². The summed E-state index contributed by atoms with van der Waals surface area (Å²) in [4.78, 5) is 47.1. The lowest BCUT2D eigenvalue weighted by atomic mass is 10.1. The maximum absolute atomic E-state index is 12.4. The first-order valence-electron chi connectivity index (χ1n) is 11.2. The molecule has 0 aromatic heterocycles. The van der Waals surface area contributed by atoms with Crippen molar-refractivity contribution < 1.29 is 38.1 Å². The molecule has 188 valence electrons. The highest BCUT2D eigenvalue weighted by atomic mass is 16.5. The summed E-state index contributed by atoms with van der Waals surface area (Å²) in [6.45, 7) is 5.14. The Labute approximate surface area is 213 Å². The van der Waals surface area contributed by atoms with E-state index >= 15 is 0 Å². The molecule has 0 N–H and O–H groups in total. The van der Waals surface area contributed by atoms with Crippen molar-refractivity contribution >= 4 is 23.7 Å². The molecule has 0 amide bonds. The van der Waals surface area contributed by atoms with E-state index in [-0.39, 0.29) is 30.3 Å². The summed E-state index contributed by atoms with van der Waals surface area (Å²) in [6, 6.07) is 18.6. The zero-order valence-corrected chi connectivity index (χ0v) is 20.0. The van der Waals surface area contributed by atoms with Crippen molar-refractivity contribution in [3.63, 3.8) is 0 Å². The van der Waals surface area contributed by atoms with Crippen LogP contribution in [0.2, 0.25) is 0 Å². The monoisotopic (exact) mass is 500 g/mol. The number of hydrogen-bond donors (Lipinski definition) is 0. The molecule has 0 unspecified atom stereocenters. The standard InChI is InChI=1S/C29H24O8/c1-3-27(31)35-19-5-4-18-34-24-12-8-22(9-13-24)28(32)37-26-16-10-23(11-17-26)29(33)36-25-14-6-21(7-15-25)20(2)30/h3-17H,1,18-19H2,2H3/b5-4+. The Bertz CT molecular complexity index is 1290. The van der Waals surface area contributed by atoms with Gasteiger partial charge in [-0.15, -0.1) is 0 Å². The van der Waals surface area contributed by atoms with Crippen LogP contribution in [0.1, 0.15) is 38.0 Å². The molecule has 0 heterocycles. The molecule has 3 aromatic rings. The summed E-state index contributed by atoms with van der Waals surface area (Å²) in [6.07, 6.45) is 4.43. The molecule has 37 heavy (non-hydrogen) atoms. The predicted octanol–water partition coefficient (Wildman–Crippen LogP) is 4.99. The Balaban J connectivity index is 1.47. The number of carbonyl (C=O) groups is 4. The second kappa shape index (κ2) is 13.2. The van der Waals surface area contributed by atoms with Gasteiger partial charge in [0, 0.05) is 11.6 Å². The summed E-state index contributed by atoms with van der Waals surface area (Å²) in [5, 5.41) is 0. The Morgan fingerprint density at radius 1 is 0.649 bits per heavy atom. The predicted molar refractivity (Wildman–Crippen MR) is 135 cm³/mol. The average molecular weight is 501 g/mol. The SMILES string of the molecule is C=CC(=O)OC/C=C/COc1ccc(C(=O)Oc2ccc(C(=O)Oc3ccc(C(C)=O)cc3)cc2)cc1. The fourth-order valence-electron chi connectivity index (χ4n) is 2.91. The number of Topliss-reactive ketones (excluding diaryl/α,β-unsaturated/α-hetero) is 1. The maximum Gasteiger partial charge on any atom is 0.343 e. The van der Waals surface area contributed by atoms with E-state index in [1.807, 2.05) is 0 Å². The average Bonchev–Trinajstić information content (AvgIpc) is 2.91. The van der Waals surface area contributed by atoms with Crippen LogP contribution in [0.15, 0.2) is 97.6 Å². The van der Waals surface area contributed by atoms with Gasteiger partial charge < -0.3 is 18.9 Å². The molecule has 3 rings (SSSR count). The molecule has 0 saturated carbocycles. The molecule has 8 heteroatoms. The molecule has 8 nitrogen and oxygen atoms in total. The van der Waals surface area contributed by atoms with Gasteiger partial charge in [-0.3, -0.25) is 4.79 Å². The van der Waals surface area contributed by atoms with Gasteiger partial charge in [0.05, 0.1) is 11.1 Å². The van der Waals surface area contributed by atoms with Crippen LogP contribution < -0.4 is 14.2 Å². The second-order valence-corrected chi connectivity index (χ2v) is 7.52. The van der Waals surface area contributed by atoms with Gasteiger partial charge in [-0.2, -0.15) is 0 Å². The molecule has 0 radical (unpaired) electrons. The molecular formula is C29H24O8. The Hall–Kier alpha value is -4.98. The van der Waals surface area contributed by atoms with Crippen LogP contribution in [0.5, 0.6) is 17.2 Å². The lowest BCUT2D eigenvalue weighted by Gasteiger charge is -2.08. The molecule has 0 saturated heterocycles. The first-order chi connectivity index (χ1) is 17.9. The van der Waals surface area contributed by atoms with E-state index in [0.29, 0.717) is 22.6 Å². The van der Waals surface area contributed by atoms with Gasteiger partial charge in [0.25, 0.3) is 0 Å². The largest absolute Gasteiger partial charge is 0.490 e. The molecule has 0 fully saturated rings. The fraction of sp³-hybridized carbons (Fsp3) is 0.103. The first-order valence-corrected chi connectivity index (χ1v) is 11.2. The summed E-state index contributed by atoms with van der Waals surface area (Å²) in [5.41, 5.74) is 1.10. The molecule has 0 aliphatic rings. The minimum Gasteiger partial charge on any atom is -0.490 e. The number of rotatable bonds is 11. The number of ketones is 1. The van der Waals surface area contributed by atoms with Crippen LogP contribution in [-0.4, -0.2) is 36.9 Å². The van der Waals surface area contributed by atoms with E-state index in [1.54, 1.807) is 60.7 Å². The number of esters is 3. The van der Waals surface area contributed by atoms with E-state index < -0.39 is 17.9 Å². The lowest BCUT2D eigenvalue weighted by molar-refractivity contribution is -0.136. The van der Waals surface area contributed by atoms with Gasteiger partial charge in [0.15, 0.2) is 5.78 Å². The highest BCUT2D eigenvalue weighted by Crippen LogP contribution is 2.19. The minimum atomic E-state index is -0.586. The number of carbonyl (C=O) groups excluding carboxylic acids is 4. The number of benzene rings is 3. The van der Waals surface area contributed by atoms with E-state index in [9.17, 15) is 19.2 Å². The van der Waals surface area contributed by atoms with Crippen molar-refractivity contribution in [3.8, 4) is 17.2 Å². The van der Waals surface area contributed by atoms with Gasteiger partial charge in [0.1, 0.15) is 30.5 Å². The van der Waals surface area contributed by atoms with Crippen molar-refractivity contribution in [2.24, 2.45) is 0 Å².